The van der Waals surface area contributed by atoms with E-state index < -0.39 is 0 Å². The van der Waals surface area contributed by atoms with Gasteiger partial charge in [0.25, 0.3) is 5.91 Å². The lowest BCUT2D eigenvalue weighted by molar-refractivity contribution is 0.00166. The van der Waals surface area contributed by atoms with E-state index in [0.717, 1.165) is 51.5 Å². The molecule has 0 unspecified atom stereocenters. The van der Waals surface area contributed by atoms with Crippen LogP contribution in [-0.4, -0.2) is 67.9 Å². The molecule has 2 saturated heterocycles. The number of oxazole rings is 1. The number of aromatic nitrogens is 1. The molecule has 3 aromatic rings. The van der Waals surface area contributed by atoms with Crippen LogP contribution in [0, 0.1) is 5.92 Å². The van der Waals surface area contributed by atoms with Crippen LogP contribution in [0.5, 0.6) is 0 Å². The quantitative estimate of drug-likeness (QED) is 0.598. The van der Waals surface area contributed by atoms with E-state index in [0.29, 0.717) is 35.2 Å². The molecule has 2 aliphatic heterocycles. The summed E-state index contributed by atoms with van der Waals surface area (Å²) in [5.41, 5.74) is 2.19. The Morgan fingerprint density at radius 3 is 2.61 bits per heavy atom. The van der Waals surface area contributed by atoms with Gasteiger partial charge in [-0.1, -0.05) is 42.5 Å². The molecule has 2 atom stereocenters. The lowest BCUT2D eigenvalue weighted by atomic mass is 9.96. The van der Waals surface area contributed by atoms with Crippen molar-refractivity contribution in [1.82, 2.24) is 15.2 Å². The van der Waals surface area contributed by atoms with Gasteiger partial charge < -0.3 is 19.2 Å². The second-order valence-electron chi connectivity index (χ2n) is 8.49. The third kappa shape index (κ3) is 5.00. The van der Waals surface area contributed by atoms with Crippen molar-refractivity contribution in [3.8, 4) is 22.8 Å². The van der Waals surface area contributed by atoms with Crippen molar-refractivity contribution in [2.24, 2.45) is 5.92 Å². The first-order valence-electron chi connectivity index (χ1n) is 11.6. The third-order valence-electron chi connectivity index (χ3n) is 6.46. The summed E-state index contributed by atoms with van der Waals surface area (Å²) in [7, 11) is 0. The van der Waals surface area contributed by atoms with Gasteiger partial charge in [-0.05, 0) is 18.6 Å². The molecule has 0 saturated carbocycles. The van der Waals surface area contributed by atoms with Gasteiger partial charge in [0, 0.05) is 49.3 Å². The number of morpholine rings is 1. The van der Waals surface area contributed by atoms with Crippen LogP contribution in [0.1, 0.15) is 16.8 Å². The van der Waals surface area contributed by atoms with Gasteiger partial charge in [0.15, 0.2) is 5.76 Å². The van der Waals surface area contributed by atoms with Crippen molar-refractivity contribution in [1.29, 1.82) is 0 Å². The Morgan fingerprint density at radius 2 is 1.82 bits per heavy atom. The molecule has 1 amide bonds. The largest absolute Gasteiger partial charge is 0.436 e. The van der Waals surface area contributed by atoms with Crippen LogP contribution in [-0.2, 0) is 9.47 Å². The number of nitrogens with one attached hydrogen (secondary N) is 1. The zero-order valence-corrected chi connectivity index (χ0v) is 18.6. The van der Waals surface area contributed by atoms with Gasteiger partial charge in [-0.25, -0.2) is 4.98 Å². The Morgan fingerprint density at radius 1 is 1.03 bits per heavy atom. The van der Waals surface area contributed by atoms with E-state index in [4.69, 9.17) is 13.9 Å². The zero-order chi connectivity index (χ0) is 22.5. The molecule has 7 nitrogen and oxygen atoms in total. The fraction of sp³-hybridized carbons (Fsp3) is 0.385. The molecule has 1 N–H and O–H groups in total. The lowest BCUT2D eigenvalue weighted by Gasteiger charge is -2.37. The number of nitrogens with zero attached hydrogens (tertiary/aromatic N) is 2. The molecule has 7 heteroatoms. The highest BCUT2D eigenvalue weighted by Crippen LogP contribution is 2.28. The van der Waals surface area contributed by atoms with Gasteiger partial charge in [0.2, 0.25) is 5.89 Å². The average molecular weight is 448 g/mol. The summed E-state index contributed by atoms with van der Waals surface area (Å²) in [6.07, 6.45) is 2.72. The Hall–Kier alpha value is -3.00. The van der Waals surface area contributed by atoms with Crippen LogP contribution in [0.25, 0.3) is 22.8 Å². The van der Waals surface area contributed by atoms with Crippen LogP contribution in [0.2, 0.25) is 0 Å². The predicted octanol–water partition coefficient (Wildman–Crippen LogP) is 3.48. The minimum Gasteiger partial charge on any atom is -0.436 e. The number of carbonyl (C=O) groups excluding carboxylic acids is 1. The van der Waals surface area contributed by atoms with Crippen molar-refractivity contribution in [3.63, 3.8) is 0 Å². The molecule has 5 rings (SSSR count). The molecule has 1 aromatic heterocycles. The van der Waals surface area contributed by atoms with E-state index in [1.54, 1.807) is 6.20 Å². The van der Waals surface area contributed by atoms with Crippen molar-refractivity contribution in [3.05, 3.63) is 66.4 Å². The number of rotatable bonds is 7. The first-order chi connectivity index (χ1) is 16.3. The van der Waals surface area contributed by atoms with E-state index in [9.17, 15) is 4.79 Å². The molecule has 172 valence electrons. The Balaban J connectivity index is 1.32. The van der Waals surface area contributed by atoms with Crippen LogP contribution in [0.15, 0.2) is 65.2 Å². The van der Waals surface area contributed by atoms with Gasteiger partial charge in [-0.15, -0.1) is 0 Å². The van der Waals surface area contributed by atoms with Crippen LogP contribution >= 0.6 is 0 Å². The van der Waals surface area contributed by atoms with E-state index in [-0.39, 0.29) is 11.9 Å². The summed E-state index contributed by atoms with van der Waals surface area (Å²) in [4.78, 5) is 20.1. The lowest BCUT2D eigenvalue weighted by Crippen LogP contribution is -2.52. The molecule has 2 fully saturated rings. The first-order valence-corrected chi connectivity index (χ1v) is 11.6. The van der Waals surface area contributed by atoms with E-state index in [2.05, 4.69) is 15.2 Å². The molecular weight excluding hydrogens is 418 g/mol. The second kappa shape index (κ2) is 10.3. The Kier molecular flexibility index (Phi) is 6.81. The van der Waals surface area contributed by atoms with Gasteiger partial charge in [0.1, 0.15) is 0 Å². The summed E-state index contributed by atoms with van der Waals surface area (Å²) in [5, 5.41) is 3.18. The minimum absolute atomic E-state index is 0.123. The van der Waals surface area contributed by atoms with Gasteiger partial charge >= 0.3 is 0 Å². The zero-order valence-electron chi connectivity index (χ0n) is 18.6. The molecule has 2 aliphatic rings. The maximum absolute atomic E-state index is 13.3. The van der Waals surface area contributed by atoms with Crippen LogP contribution in [0.4, 0.5) is 0 Å². The van der Waals surface area contributed by atoms with E-state index >= 15 is 0 Å². The molecule has 3 heterocycles. The van der Waals surface area contributed by atoms with Gasteiger partial charge in [-0.2, -0.15) is 0 Å². The summed E-state index contributed by atoms with van der Waals surface area (Å²) >= 11 is 0. The SMILES string of the molecule is O=C(NC[C@@H]([C@@H]1CCOC1)N1CCOCC1)c1ccccc1-c1ncc(-c2ccccc2)o1. The topological polar surface area (TPSA) is 76.8 Å². The number of carbonyl (C=O) groups is 1. The third-order valence-corrected chi connectivity index (χ3v) is 6.46. The highest BCUT2D eigenvalue weighted by Gasteiger charge is 2.32. The van der Waals surface area contributed by atoms with Crippen molar-refractivity contribution < 1.29 is 18.7 Å². The van der Waals surface area contributed by atoms with Gasteiger partial charge in [0.05, 0.1) is 31.6 Å². The smallest absolute Gasteiger partial charge is 0.252 e. The first kappa shape index (κ1) is 21.8. The number of hydrogen-bond donors (Lipinski definition) is 1. The summed E-state index contributed by atoms with van der Waals surface area (Å²) in [6, 6.07) is 17.5. The molecule has 0 radical (unpaired) electrons. The van der Waals surface area contributed by atoms with Crippen molar-refractivity contribution >= 4 is 5.91 Å². The van der Waals surface area contributed by atoms with E-state index in [1.807, 2.05) is 54.6 Å². The summed E-state index contributed by atoms with van der Waals surface area (Å²) < 4.78 is 17.2. The number of benzene rings is 2. The molecule has 0 bridgehead atoms. The second-order valence-corrected chi connectivity index (χ2v) is 8.49. The van der Waals surface area contributed by atoms with Crippen molar-refractivity contribution in [2.75, 3.05) is 46.1 Å². The monoisotopic (exact) mass is 447 g/mol. The summed E-state index contributed by atoms with van der Waals surface area (Å²) in [5.74, 6) is 1.41. The standard InChI is InChI=1S/C26H29N3O4/c30-25(27-16-23(20-10-13-32-18-20)29-11-14-31-15-12-29)21-8-4-5-9-22(21)26-28-17-24(33-26)19-6-2-1-3-7-19/h1-9,17,20,23H,10-16,18H2,(H,27,30)/t20-,23+/m1/s1. The number of hydrogen-bond acceptors (Lipinski definition) is 6. The van der Waals surface area contributed by atoms with Gasteiger partial charge in [-0.3, -0.25) is 9.69 Å². The number of ether oxygens (including phenoxy) is 2. The molecular formula is C26H29N3O4. The fourth-order valence-electron chi connectivity index (χ4n) is 4.65. The number of amides is 1. The normalized spacial score (nSPS) is 19.9. The Bertz CT molecular complexity index is 1060. The minimum atomic E-state index is -0.123. The average Bonchev–Trinajstić information content (AvgIpc) is 3.58. The predicted molar refractivity (Wildman–Crippen MR) is 125 cm³/mol. The Labute approximate surface area is 193 Å². The van der Waals surface area contributed by atoms with Crippen molar-refractivity contribution in [2.45, 2.75) is 12.5 Å². The van der Waals surface area contributed by atoms with Crippen LogP contribution in [0.3, 0.4) is 0 Å². The molecule has 2 aromatic carbocycles. The molecule has 33 heavy (non-hydrogen) atoms. The van der Waals surface area contributed by atoms with Crippen LogP contribution < -0.4 is 5.32 Å². The maximum atomic E-state index is 13.3. The highest BCUT2D eigenvalue weighted by atomic mass is 16.5. The summed E-state index contributed by atoms with van der Waals surface area (Å²) in [6.45, 7) is 5.33. The fourth-order valence-corrected chi connectivity index (χ4v) is 4.65. The molecule has 0 spiro atoms. The maximum Gasteiger partial charge on any atom is 0.252 e. The highest BCUT2D eigenvalue weighted by molar-refractivity contribution is 6.00. The molecule has 0 aliphatic carbocycles. The van der Waals surface area contributed by atoms with E-state index in [1.165, 1.54) is 0 Å².